The molecule has 3 aromatic rings. The normalized spacial score (nSPS) is 12.5. The number of fused-ring (bicyclic) bond motifs is 1. The van der Waals surface area contributed by atoms with Crippen molar-refractivity contribution in [1.29, 1.82) is 0 Å². The van der Waals surface area contributed by atoms with Gasteiger partial charge in [-0.05, 0) is 24.3 Å². The van der Waals surface area contributed by atoms with Gasteiger partial charge in [-0.1, -0.05) is 41.9 Å². The summed E-state index contributed by atoms with van der Waals surface area (Å²) in [5.41, 5.74) is 2.19. The maximum Gasteiger partial charge on any atom is 0.129 e. The summed E-state index contributed by atoms with van der Waals surface area (Å²) in [5, 5.41) is 0.963. The fourth-order valence-electron chi connectivity index (χ4n) is 2.27. The first-order valence-electron chi connectivity index (χ1n) is 6.57. The lowest BCUT2D eigenvalue weighted by Crippen LogP contribution is -2.01. The molecular weight excluding hydrogens is 308 g/mol. The molecule has 1 nitrogen and oxygen atoms in total. The summed E-state index contributed by atoms with van der Waals surface area (Å²) in [6.45, 7) is 0. The standard InChI is InChI=1S/C17H12Cl2FN/c18-12-6-8-14(16(20)9-12)15(19)10-13-7-5-11-3-1-2-4-17(11)21-13/h1-9,15H,10H2. The average Bonchev–Trinajstić information content (AvgIpc) is 2.47. The van der Waals surface area contributed by atoms with Crippen LogP contribution in [0.4, 0.5) is 4.39 Å². The van der Waals surface area contributed by atoms with E-state index in [1.807, 2.05) is 36.4 Å². The van der Waals surface area contributed by atoms with Gasteiger partial charge < -0.3 is 0 Å². The number of halogens is 3. The van der Waals surface area contributed by atoms with Crippen molar-refractivity contribution in [2.24, 2.45) is 0 Å². The molecule has 0 radical (unpaired) electrons. The number of rotatable bonds is 3. The largest absolute Gasteiger partial charge is 0.253 e. The van der Waals surface area contributed by atoms with Crippen molar-refractivity contribution < 1.29 is 4.39 Å². The predicted molar refractivity (Wildman–Crippen MR) is 85.5 cm³/mol. The van der Waals surface area contributed by atoms with E-state index < -0.39 is 5.38 Å². The molecule has 106 valence electrons. The van der Waals surface area contributed by atoms with Crippen LogP contribution in [0.2, 0.25) is 5.02 Å². The molecule has 0 N–H and O–H groups in total. The number of nitrogens with zero attached hydrogens (tertiary/aromatic N) is 1. The zero-order valence-electron chi connectivity index (χ0n) is 11.1. The highest BCUT2D eigenvalue weighted by atomic mass is 35.5. The lowest BCUT2D eigenvalue weighted by molar-refractivity contribution is 0.605. The highest BCUT2D eigenvalue weighted by molar-refractivity contribution is 6.30. The van der Waals surface area contributed by atoms with Gasteiger partial charge in [-0.15, -0.1) is 11.6 Å². The van der Waals surface area contributed by atoms with E-state index in [4.69, 9.17) is 23.2 Å². The monoisotopic (exact) mass is 319 g/mol. The Morgan fingerprint density at radius 3 is 2.67 bits per heavy atom. The molecular formula is C17H12Cl2FN. The summed E-state index contributed by atoms with van der Waals surface area (Å²) in [6.07, 6.45) is 0.463. The first kappa shape index (κ1) is 14.3. The lowest BCUT2D eigenvalue weighted by atomic mass is 10.1. The zero-order valence-corrected chi connectivity index (χ0v) is 12.6. The zero-order chi connectivity index (χ0) is 14.8. The molecule has 0 saturated carbocycles. The smallest absolute Gasteiger partial charge is 0.129 e. The Morgan fingerprint density at radius 1 is 1.05 bits per heavy atom. The van der Waals surface area contributed by atoms with Crippen LogP contribution >= 0.6 is 23.2 Å². The van der Waals surface area contributed by atoms with Crippen LogP contribution in [0.25, 0.3) is 10.9 Å². The van der Waals surface area contributed by atoms with Crippen LogP contribution in [0.1, 0.15) is 16.6 Å². The van der Waals surface area contributed by atoms with Crippen LogP contribution in [-0.2, 0) is 6.42 Å². The molecule has 0 amide bonds. The topological polar surface area (TPSA) is 12.9 Å². The Hall–Kier alpha value is -1.64. The van der Waals surface area contributed by atoms with E-state index >= 15 is 0 Å². The molecule has 1 heterocycles. The molecule has 3 rings (SSSR count). The fraction of sp³-hybridized carbons (Fsp3) is 0.118. The maximum atomic E-state index is 13.9. The molecule has 0 spiro atoms. The third kappa shape index (κ3) is 3.17. The minimum atomic E-state index is -0.476. The number of benzene rings is 2. The molecule has 0 fully saturated rings. The number of pyridine rings is 1. The number of hydrogen-bond acceptors (Lipinski definition) is 1. The Kier molecular flexibility index (Phi) is 4.09. The van der Waals surface area contributed by atoms with E-state index in [0.717, 1.165) is 16.6 Å². The summed E-state index contributed by atoms with van der Waals surface area (Å²) < 4.78 is 13.9. The van der Waals surface area contributed by atoms with Crippen LogP contribution in [0.3, 0.4) is 0 Å². The molecule has 1 atom stereocenters. The Bertz CT molecular complexity index is 789. The average molecular weight is 320 g/mol. The summed E-state index contributed by atoms with van der Waals surface area (Å²) in [4.78, 5) is 4.55. The molecule has 0 bridgehead atoms. The van der Waals surface area contributed by atoms with Gasteiger partial charge in [0.1, 0.15) is 5.82 Å². The van der Waals surface area contributed by atoms with E-state index in [1.165, 1.54) is 6.07 Å². The lowest BCUT2D eigenvalue weighted by Gasteiger charge is -2.11. The molecule has 0 aliphatic rings. The Balaban J connectivity index is 1.87. The van der Waals surface area contributed by atoms with Gasteiger partial charge in [-0.25, -0.2) is 4.39 Å². The van der Waals surface area contributed by atoms with Crippen LogP contribution in [-0.4, -0.2) is 4.98 Å². The second-order valence-corrected chi connectivity index (χ2v) is 5.80. The maximum absolute atomic E-state index is 13.9. The second-order valence-electron chi connectivity index (χ2n) is 4.83. The summed E-state index contributed by atoms with van der Waals surface area (Å²) >= 11 is 12.1. The highest BCUT2D eigenvalue weighted by Gasteiger charge is 2.15. The van der Waals surface area contributed by atoms with Crippen LogP contribution < -0.4 is 0 Å². The molecule has 4 heteroatoms. The molecule has 1 unspecified atom stereocenters. The van der Waals surface area contributed by atoms with Gasteiger partial charge in [-0.3, -0.25) is 4.98 Å². The third-order valence-electron chi connectivity index (χ3n) is 3.34. The van der Waals surface area contributed by atoms with Crippen molar-refractivity contribution in [3.63, 3.8) is 0 Å². The molecule has 0 aliphatic heterocycles. The van der Waals surface area contributed by atoms with Crippen molar-refractivity contribution in [3.05, 3.63) is 76.7 Å². The van der Waals surface area contributed by atoms with E-state index in [0.29, 0.717) is 17.0 Å². The number of alkyl halides is 1. The van der Waals surface area contributed by atoms with Crippen LogP contribution in [0, 0.1) is 5.82 Å². The molecule has 0 aliphatic carbocycles. The van der Waals surface area contributed by atoms with Crippen molar-refractivity contribution in [2.45, 2.75) is 11.8 Å². The SMILES string of the molecule is Fc1cc(Cl)ccc1C(Cl)Cc1ccc2ccccc2n1. The van der Waals surface area contributed by atoms with Gasteiger partial charge in [-0.2, -0.15) is 0 Å². The van der Waals surface area contributed by atoms with E-state index in [-0.39, 0.29) is 5.82 Å². The highest BCUT2D eigenvalue weighted by Crippen LogP contribution is 2.28. The fourth-order valence-corrected chi connectivity index (χ4v) is 2.76. The van der Waals surface area contributed by atoms with Gasteiger partial charge in [0.2, 0.25) is 0 Å². The number of aromatic nitrogens is 1. The first-order valence-corrected chi connectivity index (χ1v) is 7.38. The van der Waals surface area contributed by atoms with Crippen LogP contribution in [0.5, 0.6) is 0 Å². The predicted octanol–water partition coefficient (Wildman–Crippen LogP) is 5.55. The minimum Gasteiger partial charge on any atom is -0.253 e. The van der Waals surface area contributed by atoms with Crippen molar-refractivity contribution in [1.82, 2.24) is 4.98 Å². The van der Waals surface area contributed by atoms with E-state index in [1.54, 1.807) is 12.1 Å². The van der Waals surface area contributed by atoms with Gasteiger partial charge in [0.05, 0.1) is 10.9 Å². The van der Waals surface area contributed by atoms with Crippen molar-refractivity contribution >= 4 is 34.1 Å². The molecule has 0 saturated heterocycles. The Morgan fingerprint density at radius 2 is 1.86 bits per heavy atom. The summed E-state index contributed by atoms with van der Waals surface area (Å²) in [7, 11) is 0. The van der Waals surface area contributed by atoms with Crippen LogP contribution in [0.15, 0.2) is 54.6 Å². The van der Waals surface area contributed by atoms with Gasteiger partial charge in [0.15, 0.2) is 0 Å². The third-order valence-corrected chi connectivity index (χ3v) is 3.97. The number of para-hydroxylation sites is 1. The van der Waals surface area contributed by atoms with Gasteiger partial charge in [0, 0.05) is 28.1 Å². The van der Waals surface area contributed by atoms with Gasteiger partial charge in [0.25, 0.3) is 0 Å². The molecule has 2 aromatic carbocycles. The van der Waals surface area contributed by atoms with Crippen molar-refractivity contribution in [3.8, 4) is 0 Å². The second kappa shape index (κ2) is 6.00. The van der Waals surface area contributed by atoms with Crippen molar-refractivity contribution in [2.75, 3.05) is 0 Å². The summed E-state index contributed by atoms with van der Waals surface area (Å²) in [5.74, 6) is -0.386. The number of hydrogen-bond donors (Lipinski definition) is 0. The van der Waals surface area contributed by atoms with E-state index in [9.17, 15) is 4.39 Å². The molecule has 1 aromatic heterocycles. The summed E-state index contributed by atoms with van der Waals surface area (Å²) in [6, 6.07) is 16.3. The van der Waals surface area contributed by atoms with Gasteiger partial charge >= 0.3 is 0 Å². The minimum absolute atomic E-state index is 0.365. The quantitative estimate of drug-likeness (QED) is 0.577. The first-order chi connectivity index (χ1) is 10.1. The molecule has 21 heavy (non-hydrogen) atoms. The Labute approximate surface area is 132 Å². The van der Waals surface area contributed by atoms with E-state index in [2.05, 4.69) is 4.98 Å².